The Bertz CT molecular complexity index is 686. The average molecular weight is 361 g/mol. The van der Waals surface area contributed by atoms with Crippen LogP contribution < -0.4 is 5.56 Å². The van der Waals surface area contributed by atoms with Gasteiger partial charge in [0.05, 0.1) is 12.1 Å². The van der Waals surface area contributed by atoms with Crippen molar-refractivity contribution in [1.29, 1.82) is 0 Å². The highest BCUT2D eigenvalue weighted by atomic mass is 16.6. The molecule has 2 saturated heterocycles. The molecule has 1 aromatic heterocycles. The van der Waals surface area contributed by atoms with Crippen molar-refractivity contribution in [1.82, 2.24) is 14.8 Å². The first-order valence-electron chi connectivity index (χ1n) is 9.49. The number of hydrogen-bond donors (Lipinski definition) is 1. The normalized spacial score (nSPS) is 19.0. The lowest BCUT2D eigenvalue weighted by Gasteiger charge is -2.37. The lowest BCUT2D eigenvalue weighted by Crippen LogP contribution is -2.48. The zero-order valence-electron chi connectivity index (χ0n) is 15.3. The molecule has 1 aromatic rings. The summed E-state index contributed by atoms with van der Waals surface area (Å²) in [6.07, 6.45) is 7.04. The Morgan fingerprint density at radius 1 is 1.19 bits per heavy atom. The molecule has 0 atom stereocenters. The van der Waals surface area contributed by atoms with Gasteiger partial charge in [-0.25, -0.2) is 4.79 Å². The minimum atomic E-state index is -0.455. The molecule has 2 aliphatic heterocycles. The Kier molecular flexibility index (Phi) is 5.64. The van der Waals surface area contributed by atoms with E-state index in [0.29, 0.717) is 38.0 Å². The van der Waals surface area contributed by atoms with E-state index in [4.69, 9.17) is 4.74 Å². The van der Waals surface area contributed by atoms with Gasteiger partial charge in [0.1, 0.15) is 5.60 Å². The smallest absolute Gasteiger partial charge is 0.410 e. The van der Waals surface area contributed by atoms with Gasteiger partial charge >= 0.3 is 6.09 Å². The van der Waals surface area contributed by atoms with E-state index in [0.717, 1.165) is 19.4 Å². The molecule has 1 spiro atoms. The van der Waals surface area contributed by atoms with E-state index < -0.39 is 5.60 Å². The third kappa shape index (κ3) is 4.08. The summed E-state index contributed by atoms with van der Waals surface area (Å²) in [4.78, 5) is 41.9. The van der Waals surface area contributed by atoms with Crippen LogP contribution in [0.3, 0.4) is 0 Å². The summed E-state index contributed by atoms with van der Waals surface area (Å²) in [6, 6.07) is 2.90. The van der Waals surface area contributed by atoms with Crippen LogP contribution in [0, 0.1) is 0 Å². The van der Waals surface area contributed by atoms with Crippen molar-refractivity contribution in [2.24, 2.45) is 0 Å². The maximum Gasteiger partial charge on any atom is 0.410 e. The number of aromatic nitrogens is 1. The third-order valence-corrected chi connectivity index (χ3v) is 5.32. The van der Waals surface area contributed by atoms with Crippen LogP contribution in [0.5, 0.6) is 0 Å². The van der Waals surface area contributed by atoms with Gasteiger partial charge in [-0.2, -0.15) is 0 Å². The number of carbonyl (C=O) groups excluding carboxylic acids is 2. The van der Waals surface area contributed by atoms with Gasteiger partial charge in [0, 0.05) is 44.7 Å². The number of nitrogens with one attached hydrogen (secondary N) is 1. The third-order valence-electron chi connectivity index (χ3n) is 5.32. The summed E-state index contributed by atoms with van der Waals surface area (Å²) >= 11 is 0. The molecular weight excluding hydrogens is 334 g/mol. The van der Waals surface area contributed by atoms with Crippen LogP contribution in [0.15, 0.2) is 23.1 Å². The van der Waals surface area contributed by atoms with Crippen molar-refractivity contribution in [2.75, 3.05) is 26.2 Å². The molecule has 3 heterocycles. The van der Waals surface area contributed by atoms with E-state index in [1.165, 1.54) is 25.1 Å². The Labute approximate surface area is 153 Å². The molecular formula is C19H27N3O4. The van der Waals surface area contributed by atoms with Gasteiger partial charge in [0.25, 0.3) is 5.91 Å². The molecule has 3 rings (SSSR count). The number of likely N-dealkylation sites (tertiary alicyclic amines) is 1. The zero-order chi connectivity index (χ0) is 18.6. The molecule has 0 saturated carbocycles. The number of hydrogen-bond acceptors (Lipinski definition) is 4. The maximum absolute atomic E-state index is 12.5. The monoisotopic (exact) mass is 361 g/mol. The molecule has 26 heavy (non-hydrogen) atoms. The first-order valence-corrected chi connectivity index (χ1v) is 9.49. The van der Waals surface area contributed by atoms with Gasteiger partial charge < -0.3 is 19.5 Å². The minimum Gasteiger partial charge on any atom is -0.441 e. The van der Waals surface area contributed by atoms with E-state index >= 15 is 0 Å². The van der Waals surface area contributed by atoms with Crippen LogP contribution in [-0.4, -0.2) is 58.6 Å². The van der Waals surface area contributed by atoms with Crippen LogP contribution in [0.25, 0.3) is 0 Å². The molecule has 1 N–H and O–H groups in total. The molecule has 0 radical (unpaired) electrons. The Balaban J connectivity index is 1.53. The second-order valence-electron chi connectivity index (χ2n) is 7.27. The van der Waals surface area contributed by atoms with Crippen LogP contribution in [0.4, 0.5) is 4.79 Å². The fraction of sp³-hybridized carbons (Fsp3) is 0.632. The van der Waals surface area contributed by atoms with Crippen molar-refractivity contribution in [3.05, 3.63) is 34.2 Å². The number of amides is 2. The van der Waals surface area contributed by atoms with Gasteiger partial charge in [0.15, 0.2) is 0 Å². The highest BCUT2D eigenvalue weighted by Gasteiger charge is 2.47. The van der Waals surface area contributed by atoms with E-state index in [1.807, 2.05) is 4.90 Å². The standard InChI is InChI=1S/C19H27N3O4/c1-2-3-4-5-10-22-14-19(26-18(22)25)8-11-21(12-9-19)17(24)15-6-7-16(23)20-13-15/h6-7,13H,2-5,8-12,14H2,1H3,(H,20,23). The predicted molar refractivity (Wildman–Crippen MR) is 97.1 cm³/mol. The number of pyridine rings is 1. The summed E-state index contributed by atoms with van der Waals surface area (Å²) in [5.74, 6) is -0.100. The molecule has 0 aliphatic carbocycles. The van der Waals surface area contributed by atoms with Crippen molar-refractivity contribution in [3.63, 3.8) is 0 Å². The molecule has 0 bridgehead atoms. The second kappa shape index (κ2) is 7.93. The average Bonchev–Trinajstić information content (AvgIpc) is 2.94. The highest BCUT2D eigenvalue weighted by molar-refractivity contribution is 5.94. The van der Waals surface area contributed by atoms with Crippen LogP contribution in [0.1, 0.15) is 55.8 Å². The lowest BCUT2D eigenvalue weighted by molar-refractivity contribution is 0.00312. The first kappa shape index (κ1) is 18.5. The number of aromatic amines is 1. The van der Waals surface area contributed by atoms with E-state index in [9.17, 15) is 14.4 Å². The molecule has 7 nitrogen and oxygen atoms in total. The topological polar surface area (TPSA) is 82.7 Å². The van der Waals surface area contributed by atoms with E-state index in [-0.39, 0.29) is 17.6 Å². The summed E-state index contributed by atoms with van der Waals surface area (Å²) in [6.45, 7) is 4.64. The summed E-state index contributed by atoms with van der Waals surface area (Å²) in [5, 5.41) is 0. The Morgan fingerprint density at radius 2 is 1.96 bits per heavy atom. The zero-order valence-corrected chi connectivity index (χ0v) is 15.3. The number of nitrogens with zero attached hydrogens (tertiary/aromatic N) is 2. The largest absolute Gasteiger partial charge is 0.441 e. The minimum absolute atomic E-state index is 0.100. The van der Waals surface area contributed by atoms with Crippen molar-refractivity contribution in [3.8, 4) is 0 Å². The predicted octanol–water partition coefficient (Wildman–Crippen LogP) is 2.38. The summed E-state index contributed by atoms with van der Waals surface area (Å²) in [7, 11) is 0. The van der Waals surface area contributed by atoms with Crippen molar-refractivity contribution < 1.29 is 14.3 Å². The number of unbranched alkanes of at least 4 members (excludes halogenated alkanes) is 3. The van der Waals surface area contributed by atoms with Crippen LogP contribution >= 0.6 is 0 Å². The molecule has 2 aliphatic rings. The number of ether oxygens (including phenoxy) is 1. The maximum atomic E-state index is 12.5. The summed E-state index contributed by atoms with van der Waals surface area (Å²) in [5.41, 5.74) is -0.207. The van der Waals surface area contributed by atoms with E-state index in [2.05, 4.69) is 11.9 Å². The van der Waals surface area contributed by atoms with Gasteiger partial charge in [-0.15, -0.1) is 0 Å². The Morgan fingerprint density at radius 3 is 2.62 bits per heavy atom. The number of piperidine rings is 1. The number of H-pyrrole nitrogens is 1. The Hall–Kier alpha value is -2.31. The lowest BCUT2D eigenvalue weighted by atomic mass is 9.91. The molecule has 2 fully saturated rings. The molecule has 0 unspecified atom stereocenters. The first-order chi connectivity index (χ1) is 12.5. The van der Waals surface area contributed by atoms with Crippen LogP contribution in [0.2, 0.25) is 0 Å². The fourth-order valence-electron chi connectivity index (χ4n) is 3.70. The molecule has 142 valence electrons. The molecule has 0 aromatic carbocycles. The van der Waals surface area contributed by atoms with Crippen molar-refractivity contribution >= 4 is 12.0 Å². The van der Waals surface area contributed by atoms with Crippen molar-refractivity contribution in [2.45, 2.75) is 51.0 Å². The van der Waals surface area contributed by atoms with Gasteiger partial charge in [0.2, 0.25) is 5.56 Å². The molecule has 2 amide bonds. The van der Waals surface area contributed by atoms with Gasteiger partial charge in [-0.3, -0.25) is 9.59 Å². The SMILES string of the molecule is CCCCCCN1CC2(CCN(C(=O)c3ccc(=O)[nH]c3)CC2)OC1=O. The fourth-order valence-corrected chi connectivity index (χ4v) is 3.70. The molecule has 7 heteroatoms. The quantitative estimate of drug-likeness (QED) is 0.789. The van der Waals surface area contributed by atoms with E-state index in [1.54, 1.807) is 11.0 Å². The second-order valence-corrected chi connectivity index (χ2v) is 7.27. The van der Waals surface area contributed by atoms with Gasteiger partial charge in [-0.05, 0) is 12.5 Å². The number of carbonyl (C=O) groups is 2. The van der Waals surface area contributed by atoms with Crippen LogP contribution in [-0.2, 0) is 4.74 Å². The summed E-state index contributed by atoms with van der Waals surface area (Å²) < 4.78 is 5.71. The number of rotatable bonds is 6. The van der Waals surface area contributed by atoms with Gasteiger partial charge in [-0.1, -0.05) is 26.2 Å². The highest BCUT2D eigenvalue weighted by Crippen LogP contribution is 2.33.